The molecule has 1 aliphatic heterocycles. The number of nitrogens with two attached hydrogens (primary N) is 1. The number of fused-ring (bicyclic) bond motifs is 1. The van der Waals surface area contributed by atoms with E-state index in [4.69, 9.17) is 5.73 Å². The first-order chi connectivity index (χ1) is 9.59. The van der Waals surface area contributed by atoms with E-state index in [1.165, 1.54) is 0 Å². The van der Waals surface area contributed by atoms with E-state index in [2.05, 4.69) is 10.6 Å². The van der Waals surface area contributed by atoms with Crippen molar-refractivity contribution in [3.63, 3.8) is 0 Å². The number of para-hydroxylation sites is 1. The van der Waals surface area contributed by atoms with Crippen molar-refractivity contribution in [3.05, 3.63) is 29.8 Å². The van der Waals surface area contributed by atoms with Gasteiger partial charge in [0.05, 0.1) is 17.3 Å². The second-order valence-corrected chi connectivity index (χ2v) is 4.72. The van der Waals surface area contributed by atoms with E-state index in [0.717, 1.165) is 6.42 Å². The molecule has 2 amide bonds. The first-order valence-corrected chi connectivity index (χ1v) is 6.57. The number of rotatable bonds is 0. The fourth-order valence-electron chi connectivity index (χ4n) is 2.06. The molecule has 6 nitrogen and oxygen atoms in total. The van der Waals surface area contributed by atoms with Gasteiger partial charge in [-0.15, -0.1) is 0 Å². The Morgan fingerprint density at radius 3 is 2.60 bits per heavy atom. The van der Waals surface area contributed by atoms with Gasteiger partial charge in [0.25, 0.3) is 11.8 Å². The second kappa shape index (κ2) is 6.29. The minimum atomic E-state index is -0.794. The van der Waals surface area contributed by atoms with Crippen LogP contribution in [0.4, 0.5) is 5.69 Å². The molecular formula is C14H17N3O3. The molecule has 1 atom stereocenters. The van der Waals surface area contributed by atoms with Crippen LogP contribution in [-0.2, 0) is 9.59 Å². The lowest BCUT2D eigenvalue weighted by Crippen LogP contribution is -2.40. The first kappa shape index (κ1) is 14.2. The van der Waals surface area contributed by atoms with Gasteiger partial charge in [-0.1, -0.05) is 12.1 Å². The zero-order chi connectivity index (χ0) is 14.5. The molecule has 6 heteroatoms. The molecule has 0 bridgehead atoms. The average Bonchev–Trinajstić information content (AvgIpc) is 2.45. The van der Waals surface area contributed by atoms with Gasteiger partial charge in [0.15, 0.2) is 0 Å². The van der Waals surface area contributed by atoms with Crippen LogP contribution in [-0.4, -0.2) is 30.2 Å². The van der Waals surface area contributed by atoms with E-state index in [0.29, 0.717) is 30.6 Å². The summed E-state index contributed by atoms with van der Waals surface area (Å²) >= 11 is 0. The molecule has 2 rings (SSSR count). The van der Waals surface area contributed by atoms with Crippen LogP contribution >= 0.6 is 0 Å². The summed E-state index contributed by atoms with van der Waals surface area (Å²) in [6.45, 7) is 0.516. The van der Waals surface area contributed by atoms with Gasteiger partial charge in [0.2, 0.25) is 5.78 Å². The number of Topliss-reactive ketones (excluding diaryl/α,β-unsaturated/α-hetero) is 1. The molecule has 1 aromatic carbocycles. The third-order valence-electron chi connectivity index (χ3n) is 3.21. The third kappa shape index (κ3) is 3.21. The van der Waals surface area contributed by atoms with Gasteiger partial charge in [-0.3, -0.25) is 14.4 Å². The van der Waals surface area contributed by atoms with Gasteiger partial charge in [-0.05, 0) is 31.4 Å². The Kier molecular flexibility index (Phi) is 4.47. The third-order valence-corrected chi connectivity index (χ3v) is 3.21. The number of amides is 2. The van der Waals surface area contributed by atoms with Crippen molar-refractivity contribution in [1.82, 2.24) is 5.32 Å². The number of carbonyl (C=O) groups is 3. The van der Waals surface area contributed by atoms with E-state index >= 15 is 0 Å². The van der Waals surface area contributed by atoms with Crippen molar-refractivity contribution in [1.29, 1.82) is 0 Å². The van der Waals surface area contributed by atoms with Crippen LogP contribution in [0.15, 0.2) is 24.3 Å². The monoisotopic (exact) mass is 275 g/mol. The van der Waals surface area contributed by atoms with Gasteiger partial charge in [-0.25, -0.2) is 0 Å². The van der Waals surface area contributed by atoms with E-state index in [1.807, 2.05) is 0 Å². The van der Waals surface area contributed by atoms with Crippen LogP contribution in [0.2, 0.25) is 0 Å². The van der Waals surface area contributed by atoms with Crippen molar-refractivity contribution in [2.75, 3.05) is 11.9 Å². The summed E-state index contributed by atoms with van der Waals surface area (Å²) in [6, 6.07) is 5.77. The highest BCUT2D eigenvalue weighted by Gasteiger charge is 2.23. The molecule has 0 saturated carbocycles. The maximum atomic E-state index is 12.0. The minimum absolute atomic E-state index is 0.266. The topological polar surface area (TPSA) is 101 Å². The molecule has 0 aliphatic carbocycles. The molecule has 0 spiro atoms. The van der Waals surface area contributed by atoms with Crippen LogP contribution in [0.5, 0.6) is 0 Å². The Bertz CT molecular complexity index is 542. The van der Waals surface area contributed by atoms with Gasteiger partial charge >= 0.3 is 0 Å². The molecule has 0 fully saturated rings. The van der Waals surface area contributed by atoms with Crippen molar-refractivity contribution in [2.24, 2.45) is 5.73 Å². The van der Waals surface area contributed by atoms with Crippen molar-refractivity contribution in [3.8, 4) is 0 Å². The van der Waals surface area contributed by atoms with Crippen LogP contribution < -0.4 is 16.4 Å². The summed E-state index contributed by atoms with van der Waals surface area (Å²) in [7, 11) is 0. The maximum Gasteiger partial charge on any atom is 0.293 e. The Labute approximate surface area is 116 Å². The van der Waals surface area contributed by atoms with Crippen LogP contribution in [0.25, 0.3) is 0 Å². The molecule has 0 aromatic heterocycles. The summed E-state index contributed by atoms with van der Waals surface area (Å²) in [5, 5.41) is 5.24. The summed E-state index contributed by atoms with van der Waals surface area (Å²) < 4.78 is 0. The normalized spacial score (nSPS) is 21.1. The molecule has 0 radical (unpaired) electrons. The Morgan fingerprint density at radius 2 is 1.80 bits per heavy atom. The average molecular weight is 275 g/mol. The first-order valence-electron chi connectivity index (χ1n) is 6.57. The van der Waals surface area contributed by atoms with Crippen LogP contribution in [0, 0.1) is 0 Å². The fraction of sp³-hybridized carbons (Fsp3) is 0.357. The van der Waals surface area contributed by atoms with E-state index in [1.54, 1.807) is 24.3 Å². The molecule has 106 valence electrons. The fourth-order valence-corrected chi connectivity index (χ4v) is 2.06. The number of hydrogen-bond donors (Lipinski definition) is 3. The zero-order valence-electron chi connectivity index (χ0n) is 11.0. The predicted octanol–water partition coefficient (Wildman–Crippen LogP) is 0.435. The quantitative estimate of drug-likeness (QED) is 0.598. The SMILES string of the molecule is NC1CCCCNC(=O)c2ccccc2NC(=O)C1=O. The Hall–Kier alpha value is -2.21. The van der Waals surface area contributed by atoms with E-state index in [-0.39, 0.29) is 5.91 Å². The number of carbonyl (C=O) groups excluding carboxylic acids is 3. The number of benzene rings is 1. The van der Waals surface area contributed by atoms with Crippen LogP contribution in [0.1, 0.15) is 29.6 Å². The minimum Gasteiger partial charge on any atom is -0.352 e. The lowest BCUT2D eigenvalue weighted by Gasteiger charge is -2.15. The number of nitrogens with one attached hydrogen (secondary N) is 2. The van der Waals surface area contributed by atoms with Crippen molar-refractivity contribution >= 4 is 23.3 Å². The largest absolute Gasteiger partial charge is 0.352 e. The number of anilines is 1. The number of hydrogen-bond acceptors (Lipinski definition) is 4. The van der Waals surface area contributed by atoms with Gasteiger partial charge in [0, 0.05) is 6.54 Å². The Morgan fingerprint density at radius 1 is 1.05 bits per heavy atom. The molecule has 0 saturated heterocycles. The molecule has 20 heavy (non-hydrogen) atoms. The second-order valence-electron chi connectivity index (χ2n) is 4.72. The van der Waals surface area contributed by atoms with Gasteiger partial charge in [0.1, 0.15) is 0 Å². The highest BCUT2D eigenvalue weighted by Crippen LogP contribution is 2.16. The summed E-state index contributed by atoms with van der Waals surface area (Å²) in [5.41, 5.74) is 6.35. The summed E-state index contributed by atoms with van der Waals surface area (Å²) in [5.74, 6) is -1.70. The zero-order valence-corrected chi connectivity index (χ0v) is 11.0. The summed E-state index contributed by atoms with van der Waals surface area (Å²) in [4.78, 5) is 35.7. The van der Waals surface area contributed by atoms with Crippen molar-refractivity contribution < 1.29 is 14.4 Å². The number of ketones is 1. The highest BCUT2D eigenvalue weighted by atomic mass is 16.2. The molecule has 4 N–H and O–H groups in total. The molecule has 1 aromatic rings. The highest BCUT2D eigenvalue weighted by molar-refractivity contribution is 6.42. The van der Waals surface area contributed by atoms with E-state index < -0.39 is 17.7 Å². The van der Waals surface area contributed by atoms with E-state index in [9.17, 15) is 14.4 Å². The van der Waals surface area contributed by atoms with Gasteiger partial charge < -0.3 is 16.4 Å². The standard InChI is InChI=1S/C14H17N3O3/c15-10-6-3-4-8-16-13(19)9-5-1-2-7-11(9)17-14(20)12(10)18/h1-2,5,7,10H,3-4,6,8,15H2,(H,16,19)(H,17,20). The smallest absolute Gasteiger partial charge is 0.293 e. The predicted molar refractivity (Wildman–Crippen MR) is 74.2 cm³/mol. The molecule has 1 heterocycles. The molecule has 1 aliphatic rings. The summed E-state index contributed by atoms with van der Waals surface area (Å²) in [6.07, 6.45) is 1.84. The lowest BCUT2D eigenvalue weighted by atomic mass is 10.0. The van der Waals surface area contributed by atoms with Gasteiger partial charge in [-0.2, -0.15) is 0 Å². The molecule has 1 unspecified atom stereocenters. The maximum absolute atomic E-state index is 12.0. The molecular weight excluding hydrogens is 258 g/mol. The lowest BCUT2D eigenvalue weighted by molar-refractivity contribution is -0.135. The van der Waals surface area contributed by atoms with Crippen LogP contribution in [0.3, 0.4) is 0 Å². The Balaban J connectivity index is 2.30. The van der Waals surface area contributed by atoms with Crippen molar-refractivity contribution in [2.45, 2.75) is 25.3 Å².